The molecule has 4 nitrogen and oxygen atoms in total. The Morgan fingerprint density at radius 1 is 1.04 bits per heavy atom. The highest BCUT2D eigenvalue weighted by Gasteiger charge is 2.31. The number of rotatable bonds is 2. The molecule has 0 aliphatic heterocycles. The minimum absolute atomic E-state index is 0.0555. The van der Waals surface area contributed by atoms with Gasteiger partial charge in [-0.1, -0.05) is 0 Å². The first kappa shape index (κ1) is 17.1. The maximum Gasteiger partial charge on any atom is 0.416 e. The van der Waals surface area contributed by atoms with Crippen molar-refractivity contribution in [2.45, 2.75) is 19.5 Å². The van der Waals surface area contributed by atoms with Crippen LogP contribution in [0.25, 0.3) is 22.4 Å². The van der Waals surface area contributed by atoms with Crippen LogP contribution in [0.2, 0.25) is 0 Å². The summed E-state index contributed by atoms with van der Waals surface area (Å²) in [6.45, 7) is 1.31. The maximum absolute atomic E-state index is 14.2. The van der Waals surface area contributed by atoms with Crippen molar-refractivity contribution in [3.8, 4) is 11.3 Å². The molecule has 0 amide bonds. The Morgan fingerprint density at radius 3 is 2.36 bits per heavy atom. The van der Waals surface area contributed by atoms with Crippen LogP contribution in [0.1, 0.15) is 23.4 Å². The summed E-state index contributed by atoms with van der Waals surface area (Å²) in [5.74, 6) is -1.21. The van der Waals surface area contributed by atoms with Crippen LogP contribution >= 0.6 is 0 Å². The van der Waals surface area contributed by atoms with E-state index in [9.17, 15) is 26.3 Å². The minimum Gasteiger partial charge on any atom is -0.239 e. The lowest BCUT2D eigenvalue weighted by atomic mass is 10.1. The summed E-state index contributed by atoms with van der Waals surface area (Å²) in [7, 11) is 0. The van der Waals surface area contributed by atoms with E-state index in [1.807, 2.05) is 0 Å². The molecule has 0 bridgehead atoms. The highest BCUT2D eigenvalue weighted by molar-refractivity contribution is 5.86. The molecule has 2 heterocycles. The molecular formula is C15H8F6N4. The first-order valence-corrected chi connectivity index (χ1v) is 6.83. The smallest absolute Gasteiger partial charge is 0.239 e. The normalized spacial score (nSPS) is 12.2. The predicted octanol–water partition coefficient (Wildman–Crippen LogP) is 4.49. The second-order valence-corrected chi connectivity index (χ2v) is 5.08. The van der Waals surface area contributed by atoms with Gasteiger partial charge in [-0.15, -0.1) is 0 Å². The van der Waals surface area contributed by atoms with E-state index in [0.717, 1.165) is 12.4 Å². The van der Waals surface area contributed by atoms with Gasteiger partial charge in [-0.3, -0.25) is 0 Å². The first-order valence-electron chi connectivity index (χ1n) is 6.83. The molecular weight excluding hydrogens is 350 g/mol. The summed E-state index contributed by atoms with van der Waals surface area (Å²) in [5.41, 5.74) is -2.68. The second kappa shape index (κ2) is 5.94. The molecule has 0 N–H and O–H groups in total. The van der Waals surface area contributed by atoms with Gasteiger partial charge in [0, 0.05) is 5.56 Å². The Kier molecular flexibility index (Phi) is 4.05. The van der Waals surface area contributed by atoms with Gasteiger partial charge < -0.3 is 0 Å². The molecule has 0 saturated carbocycles. The third-order valence-electron chi connectivity index (χ3n) is 3.44. The standard InChI is InChI=1S/C15H8F6N4/c1-6-10(13(17)18)25-12-11(22-5-23-14(12)24-6)8-3-2-7(4-9(8)16)15(19,20)21/h2-5,13H,1H3. The van der Waals surface area contributed by atoms with Gasteiger partial charge in [0.25, 0.3) is 6.43 Å². The number of nitrogens with zero attached hydrogens (tertiary/aromatic N) is 4. The van der Waals surface area contributed by atoms with Crippen molar-refractivity contribution in [3.05, 3.63) is 47.3 Å². The summed E-state index contributed by atoms with van der Waals surface area (Å²) in [6.07, 6.45) is -6.64. The fourth-order valence-electron chi connectivity index (χ4n) is 2.26. The zero-order valence-corrected chi connectivity index (χ0v) is 12.4. The van der Waals surface area contributed by atoms with Crippen LogP contribution in [0.5, 0.6) is 0 Å². The molecule has 3 rings (SSSR count). The van der Waals surface area contributed by atoms with Gasteiger partial charge in [0.1, 0.15) is 29.0 Å². The van der Waals surface area contributed by atoms with E-state index in [1.165, 1.54) is 6.92 Å². The molecule has 0 aliphatic rings. The molecule has 3 aromatic rings. The van der Waals surface area contributed by atoms with Gasteiger partial charge >= 0.3 is 6.18 Å². The quantitative estimate of drug-likeness (QED) is 0.634. The van der Waals surface area contributed by atoms with Crippen LogP contribution in [0.15, 0.2) is 24.5 Å². The third kappa shape index (κ3) is 3.11. The highest BCUT2D eigenvalue weighted by Crippen LogP contribution is 2.34. The average molecular weight is 358 g/mol. The molecule has 25 heavy (non-hydrogen) atoms. The number of alkyl halides is 5. The van der Waals surface area contributed by atoms with Gasteiger partial charge in [0.05, 0.1) is 11.3 Å². The van der Waals surface area contributed by atoms with Gasteiger partial charge in [-0.25, -0.2) is 33.1 Å². The van der Waals surface area contributed by atoms with Crippen LogP contribution in [0.3, 0.4) is 0 Å². The SMILES string of the molecule is Cc1nc2ncnc(-c3ccc(C(F)(F)F)cc3F)c2nc1C(F)F. The fourth-order valence-corrected chi connectivity index (χ4v) is 2.26. The molecule has 10 heteroatoms. The third-order valence-corrected chi connectivity index (χ3v) is 3.44. The van der Waals surface area contributed by atoms with Crippen LogP contribution in [-0.4, -0.2) is 19.9 Å². The van der Waals surface area contributed by atoms with Gasteiger partial charge in [-0.2, -0.15) is 13.2 Å². The Morgan fingerprint density at radius 2 is 1.76 bits per heavy atom. The molecule has 0 aliphatic carbocycles. The van der Waals surface area contributed by atoms with E-state index < -0.39 is 29.7 Å². The zero-order chi connectivity index (χ0) is 18.4. The Labute approximate surface area is 136 Å². The van der Waals surface area contributed by atoms with E-state index in [0.29, 0.717) is 12.1 Å². The molecule has 0 spiro atoms. The molecule has 1 aromatic carbocycles. The fraction of sp³-hybridized carbons (Fsp3) is 0.200. The lowest BCUT2D eigenvalue weighted by molar-refractivity contribution is -0.137. The number of aromatic nitrogens is 4. The summed E-state index contributed by atoms with van der Waals surface area (Å²) < 4.78 is 78.1. The van der Waals surface area contributed by atoms with Gasteiger partial charge in [0.2, 0.25) is 0 Å². The van der Waals surface area contributed by atoms with Gasteiger partial charge in [0.15, 0.2) is 5.65 Å². The van der Waals surface area contributed by atoms with E-state index in [1.54, 1.807) is 0 Å². The van der Waals surface area contributed by atoms with Crippen molar-refractivity contribution in [1.82, 2.24) is 19.9 Å². The van der Waals surface area contributed by atoms with Crippen LogP contribution in [0.4, 0.5) is 26.3 Å². The molecule has 0 saturated heterocycles. The van der Waals surface area contributed by atoms with E-state index in [4.69, 9.17) is 0 Å². The molecule has 0 atom stereocenters. The number of fused-ring (bicyclic) bond motifs is 1. The number of benzene rings is 1. The van der Waals surface area contributed by atoms with E-state index >= 15 is 0 Å². The highest BCUT2D eigenvalue weighted by atomic mass is 19.4. The van der Waals surface area contributed by atoms with E-state index in [2.05, 4.69) is 19.9 Å². The van der Waals surface area contributed by atoms with Crippen molar-refractivity contribution in [1.29, 1.82) is 0 Å². The van der Waals surface area contributed by atoms with Gasteiger partial charge in [-0.05, 0) is 25.1 Å². The Bertz CT molecular complexity index is 955. The molecule has 2 aromatic heterocycles. The molecule has 0 unspecified atom stereocenters. The predicted molar refractivity (Wildman–Crippen MR) is 75.2 cm³/mol. The monoisotopic (exact) mass is 358 g/mol. The maximum atomic E-state index is 14.2. The minimum atomic E-state index is -4.72. The van der Waals surface area contributed by atoms with Crippen molar-refractivity contribution >= 4 is 11.2 Å². The lowest BCUT2D eigenvalue weighted by Crippen LogP contribution is -2.06. The Balaban J connectivity index is 2.24. The lowest BCUT2D eigenvalue weighted by Gasteiger charge is -2.11. The van der Waals surface area contributed by atoms with Crippen LogP contribution in [0, 0.1) is 12.7 Å². The zero-order valence-electron chi connectivity index (χ0n) is 12.4. The van der Waals surface area contributed by atoms with E-state index in [-0.39, 0.29) is 28.1 Å². The van der Waals surface area contributed by atoms with Crippen LogP contribution < -0.4 is 0 Å². The first-order chi connectivity index (χ1) is 11.7. The molecule has 0 fully saturated rings. The number of hydrogen-bond acceptors (Lipinski definition) is 4. The number of halogens is 6. The van der Waals surface area contributed by atoms with Crippen molar-refractivity contribution < 1.29 is 26.3 Å². The summed E-state index contributed by atoms with van der Waals surface area (Å²) in [5, 5.41) is 0. The summed E-state index contributed by atoms with van der Waals surface area (Å²) in [4.78, 5) is 15.2. The largest absolute Gasteiger partial charge is 0.416 e. The van der Waals surface area contributed by atoms with Crippen molar-refractivity contribution in [2.75, 3.05) is 0 Å². The van der Waals surface area contributed by atoms with Crippen LogP contribution in [-0.2, 0) is 6.18 Å². The van der Waals surface area contributed by atoms with Crippen molar-refractivity contribution in [2.24, 2.45) is 0 Å². The second-order valence-electron chi connectivity index (χ2n) is 5.08. The van der Waals surface area contributed by atoms with Crippen molar-refractivity contribution in [3.63, 3.8) is 0 Å². The number of hydrogen-bond donors (Lipinski definition) is 0. The summed E-state index contributed by atoms with van der Waals surface area (Å²) in [6, 6.07) is 1.84. The Hall–Kier alpha value is -2.78. The average Bonchev–Trinajstić information content (AvgIpc) is 2.52. The topological polar surface area (TPSA) is 51.6 Å². The molecule has 130 valence electrons. The number of aryl methyl sites for hydroxylation is 1. The summed E-state index contributed by atoms with van der Waals surface area (Å²) >= 11 is 0. The molecule has 0 radical (unpaired) electrons.